The standard InChI is InChI=1S/C23H43N5O/c1-19-10-15-27(16-11-19)14-7-6-13-25-23(24-2)26-21-12-17-28(18-21)22(29)20-8-4-3-5-9-20/h19-21H,3-18H2,1-2H3,(H2,24,25,26). The van der Waals surface area contributed by atoms with Gasteiger partial charge in [-0.1, -0.05) is 26.2 Å². The molecule has 0 radical (unpaired) electrons. The molecule has 1 unspecified atom stereocenters. The Morgan fingerprint density at radius 2 is 1.76 bits per heavy atom. The Hall–Kier alpha value is -1.30. The van der Waals surface area contributed by atoms with E-state index in [1.807, 2.05) is 7.05 Å². The maximum Gasteiger partial charge on any atom is 0.225 e. The zero-order chi connectivity index (χ0) is 20.5. The molecule has 6 heteroatoms. The first kappa shape index (κ1) is 22.4. The number of hydrogen-bond acceptors (Lipinski definition) is 3. The second-order valence-corrected chi connectivity index (χ2v) is 9.48. The highest BCUT2D eigenvalue weighted by Gasteiger charge is 2.31. The van der Waals surface area contributed by atoms with Crippen molar-refractivity contribution >= 4 is 11.9 Å². The summed E-state index contributed by atoms with van der Waals surface area (Å²) in [5.41, 5.74) is 0. The molecule has 1 atom stereocenters. The molecule has 0 aromatic carbocycles. The number of unbranched alkanes of at least 4 members (excludes halogenated alkanes) is 1. The van der Waals surface area contributed by atoms with Gasteiger partial charge >= 0.3 is 0 Å². The minimum absolute atomic E-state index is 0.281. The molecule has 2 heterocycles. The van der Waals surface area contributed by atoms with Crippen molar-refractivity contribution < 1.29 is 4.79 Å². The van der Waals surface area contributed by atoms with Gasteiger partial charge in [0.25, 0.3) is 0 Å². The van der Waals surface area contributed by atoms with E-state index in [0.717, 1.165) is 50.8 Å². The van der Waals surface area contributed by atoms with Gasteiger partial charge in [-0.15, -0.1) is 0 Å². The molecule has 2 aliphatic heterocycles. The zero-order valence-electron chi connectivity index (χ0n) is 18.8. The molecule has 3 rings (SSSR count). The van der Waals surface area contributed by atoms with E-state index >= 15 is 0 Å². The third kappa shape index (κ3) is 7.16. The fraction of sp³-hybridized carbons (Fsp3) is 0.913. The summed E-state index contributed by atoms with van der Waals surface area (Å²) in [6, 6.07) is 0.323. The molecular formula is C23H43N5O. The van der Waals surface area contributed by atoms with E-state index < -0.39 is 0 Å². The fourth-order valence-corrected chi connectivity index (χ4v) is 5.03. The smallest absolute Gasteiger partial charge is 0.225 e. The van der Waals surface area contributed by atoms with Crippen LogP contribution in [0.15, 0.2) is 4.99 Å². The Balaban J connectivity index is 1.28. The van der Waals surface area contributed by atoms with Crippen LogP contribution in [0.25, 0.3) is 0 Å². The Morgan fingerprint density at radius 1 is 1.00 bits per heavy atom. The van der Waals surface area contributed by atoms with Crippen LogP contribution in [-0.4, -0.2) is 74.0 Å². The highest BCUT2D eigenvalue weighted by atomic mass is 16.2. The van der Waals surface area contributed by atoms with Crippen LogP contribution >= 0.6 is 0 Å². The molecule has 3 fully saturated rings. The number of guanidine groups is 1. The average molecular weight is 406 g/mol. The number of nitrogens with zero attached hydrogens (tertiary/aromatic N) is 3. The maximum atomic E-state index is 12.7. The first-order chi connectivity index (χ1) is 14.2. The molecule has 166 valence electrons. The summed E-state index contributed by atoms with van der Waals surface area (Å²) in [6.45, 7) is 8.81. The Morgan fingerprint density at radius 3 is 2.48 bits per heavy atom. The molecule has 0 spiro atoms. The lowest BCUT2D eigenvalue weighted by molar-refractivity contribution is -0.135. The lowest BCUT2D eigenvalue weighted by Gasteiger charge is -2.30. The number of amides is 1. The van der Waals surface area contributed by atoms with Gasteiger partial charge in [0.05, 0.1) is 0 Å². The number of aliphatic imine (C=N–C) groups is 1. The van der Waals surface area contributed by atoms with Crippen molar-refractivity contribution in [1.82, 2.24) is 20.4 Å². The van der Waals surface area contributed by atoms with Crippen LogP contribution in [0.5, 0.6) is 0 Å². The van der Waals surface area contributed by atoms with Crippen molar-refractivity contribution in [2.24, 2.45) is 16.8 Å². The summed E-state index contributed by atoms with van der Waals surface area (Å²) >= 11 is 0. The van der Waals surface area contributed by atoms with E-state index in [2.05, 4.69) is 32.3 Å². The Labute approximate surface area is 177 Å². The minimum Gasteiger partial charge on any atom is -0.356 e. The number of rotatable bonds is 7. The second kappa shape index (κ2) is 11.8. The van der Waals surface area contributed by atoms with Gasteiger partial charge in [0, 0.05) is 38.6 Å². The predicted octanol–water partition coefficient (Wildman–Crippen LogP) is 2.84. The number of carbonyl (C=O) groups is 1. The molecule has 2 saturated heterocycles. The number of hydrogen-bond donors (Lipinski definition) is 2. The van der Waals surface area contributed by atoms with Crippen molar-refractivity contribution in [1.29, 1.82) is 0 Å². The van der Waals surface area contributed by atoms with Gasteiger partial charge < -0.3 is 20.4 Å². The topological polar surface area (TPSA) is 60.0 Å². The molecule has 6 nitrogen and oxygen atoms in total. The normalized spacial score (nSPS) is 25.4. The van der Waals surface area contributed by atoms with E-state index in [1.54, 1.807) is 0 Å². The van der Waals surface area contributed by atoms with E-state index in [-0.39, 0.29) is 5.92 Å². The molecule has 1 saturated carbocycles. The molecule has 0 aromatic rings. The number of likely N-dealkylation sites (tertiary alicyclic amines) is 2. The van der Waals surface area contributed by atoms with Crippen LogP contribution in [0.3, 0.4) is 0 Å². The van der Waals surface area contributed by atoms with Crippen LogP contribution in [0.1, 0.15) is 71.1 Å². The number of carbonyl (C=O) groups excluding carboxylic acids is 1. The highest BCUT2D eigenvalue weighted by molar-refractivity contribution is 5.81. The summed E-state index contributed by atoms with van der Waals surface area (Å²) in [5, 5.41) is 7.00. The van der Waals surface area contributed by atoms with E-state index in [9.17, 15) is 4.79 Å². The van der Waals surface area contributed by atoms with E-state index in [0.29, 0.717) is 11.9 Å². The maximum absolute atomic E-state index is 12.7. The van der Waals surface area contributed by atoms with Gasteiger partial charge in [-0.25, -0.2) is 0 Å². The van der Waals surface area contributed by atoms with Gasteiger partial charge in [-0.05, 0) is 70.5 Å². The van der Waals surface area contributed by atoms with Crippen LogP contribution in [0.2, 0.25) is 0 Å². The average Bonchev–Trinajstić information content (AvgIpc) is 3.22. The Kier molecular flexibility index (Phi) is 9.09. The summed E-state index contributed by atoms with van der Waals surface area (Å²) < 4.78 is 0. The summed E-state index contributed by atoms with van der Waals surface area (Å²) in [4.78, 5) is 21.8. The largest absolute Gasteiger partial charge is 0.356 e. The van der Waals surface area contributed by atoms with Crippen molar-refractivity contribution in [3.63, 3.8) is 0 Å². The third-order valence-electron chi connectivity index (χ3n) is 7.09. The van der Waals surface area contributed by atoms with Gasteiger partial charge in [0.1, 0.15) is 0 Å². The molecule has 2 N–H and O–H groups in total. The molecule has 3 aliphatic rings. The molecule has 1 amide bonds. The zero-order valence-corrected chi connectivity index (χ0v) is 18.8. The van der Waals surface area contributed by atoms with Crippen LogP contribution in [0, 0.1) is 11.8 Å². The van der Waals surface area contributed by atoms with Gasteiger partial charge in [0.2, 0.25) is 5.91 Å². The quantitative estimate of drug-likeness (QED) is 0.388. The van der Waals surface area contributed by atoms with Gasteiger partial charge in [-0.3, -0.25) is 9.79 Å². The second-order valence-electron chi connectivity index (χ2n) is 9.48. The van der Waals surface area contributed by atoms with Crippen molar-refractivity contribution in [2.75, 3.05) is 46.3 Å². The van der Waals surface area contributed by atoms with Crippen LogP contribution < -0.4 is 10.6 Å². The SMILES string of the molecule is CN=C(NCCCCN1CCC(C)CC1)NC1CCN(C(=O)C2CCCCC2)C1. The lowest BCUT2D eigenvalue weighted by atomic mass is 9.88. The monoisotopic (exact) mass is 405 g/mol. The number of piperidine rings is 1. The van der Waals surface area contributed by atoms with E-state index in [1.165, 1.54) is 64.6 Å². The van der Waals surface area contributed by atoms with Crippen LogP contribution in [-0.2, 0) is 4.79 Å². The van der Waals surface area contributed by atoms with E-state index in [4.69, 9.17) is 0 Å². The fourth-order valence-electron chi connectivity index (χ4n) is 5.03. The molecule has 29 heavy (non-hydrogen) atoms. The Bertz CT molecular complexity index is 523. The number of nitrogens with one attached hydrogen (secondary N) is 2. The molecule has 0 bridgehead atoms. The van der Waals surface area contributed by atoms with Crippen molar-refractivity contribution in [3.05, 3.63) is 0 Å². The molecule has 0 aromatic heterocycles. The van der Waals surface area contributed by atoms with Crippen LogP contribution in [0.4, 0.5) is 0 Å². The molecular weight excluding hydrogens is 362 g/mol. The van der Waals surface area contributed by atoms with Crippen molar-refractivity contribution in [3.8, 4) is 0 Å². The van der Waals surface area contributed by atoms with Gasteiger partial charge in [-0.2, -0.15) is 0 Å². The summed E-state index contributed by atoms with van der Waals surface area (Å²) in [5.74, 6) is 2.47. The van der Waals surface area contributed by atoms with Gasteiger partial charge in [0.15, 0.2) is 5.96 Å². The highest BCUT2D eigenvalue weighted by Crippen LogP contribution is 2.26. The summed E-state index contributed by atoms with van der Waals surface area (Å²) in [6.07, 6.45) is 12.1. The van der Waals surface area contributed by atoms with Crippen molar-refractivity contribution in [2.45, 2.75) is 77.2 Å². The first-order valence-electron chi connectivity index (χ1n) is 12.1. The molecule has 1 aliphatic carbocycles. The third-order valence-corrected chi connectivity index (χ3v) is 7.09. The minimum atomic E-state index is 0.281. The predicted molar refractivity (Wildman–Crippen MR) is 120 cm³/mol. The summed E-state index contributed by atoms with van der Waals surface area (Å²) in [7, 11) is 1.84. The lowest BCUT2D eigenvalue weighted by Crippen LogP contribution is -2.45. The first-order valence-corrected chi connectivity index (χ1v) is 12.1.